The van der Waals surface area contributed by atoms with E-state index in [1.54, 1.807) is 30.3 Å². The molecule has 2 aromatic carbocycles. The summed E-state index contributed by atoms with van der Waals surface area (Å²) in [6, 6.07) is 12.2. The summed E-state index contributed by atoms with van der Waals surface area (Å²) in [6.45, 7) is 0. The number of carbonyl (C=O) groups excluding carboxylic acids is 1. The lowest BCUT2D eigenvalue weighted by Gasteiger charge is -2.28. The number of anilines is 1. The van der Waals surface area contributed by atoms with Gasteiger partial charge in [-0.3, -0.25) is 14.9 Å². The van der Waals surface area contributed by atoms with Crippen molar-refractivity contribution in [2.75, 3.05) is 12.4 Å². The van der Waals surface area contributed by atoms with Crippen molar-refractivity contribution in [3.05, 3.63) is 64.2 Å². The van der Waals surface area contributed by atoms with E-state index in [2.05, 4.69) is 16.0 Å². The van der Waals surface area contributed by atoms with Crippen molar-refractivity contribution in [2.24, 2.45) is 0 Å². The van der Waals surface area contributed by atoms with Crippen LogP contribution >= 0.6 is 47.0 Å². The first-order valence-electron chi connectivity index (χ1n) is 7.94. The van der Waals surface area contributed by atoms with Gasteiger partial charge in [-0.25, -0.2) is 0 Å². The summed E-state index contributed by atoms with van der Waals surface area (Å²) in [6.07, 6.45) is -1.22. The minimum atomic E-state index is -1.97. The first-order chi connectivity index (χ1) is 13.6. The Hall–Kier alpha value is -2.33. The Morgan fingerprint density at radius 2 is 1.86 bits per heavy atom. The summed E-state index contributed by atoms with van der Waals surface area (Å²) in [7, 11) is 1.43. The van der Waals surface area contributed by atoms with Crippen LogP contribution in [-0.2, 0) is 0 Å². The van der Waals surface area contributed by atoms with E-state index in [4.69, 9.17) is 51.8 Å². The second-order valence-electron chi connectivity index (χ2n) is 5.55. The number of hydrogen-bond acceptors (Lipinski definition) is 5. The molecule has 1 atom stereocenters. The molecule has 0 spiro atoms. The van der Waals surface area contributed by atoms with Crippen molar-refractivity contribution in [3.63, 3.8) is 0 Å². The number of amides is 1. The van der Waals surface area contributed by atoms with Gasteiger partial charge in [-0.2, -0.15) is 0 Å². The van der Waals surface area contributed by atoms with Crippen LogP contribution in [-0.4, -0.2) is 33.0 Å². The van der Waals surface area contributed by atoms with E-state index in [9.17, 15) is 14.9 Å². The summed E-state index contributed by atoms with van der Waals surface area (Å²) >= 11 is 23.1. The second kappa shape index (κ2) is 9.93. The molecule has 0 bridgehead atoms. The molecule has 2 rings (SSSR count). The molecule has 0 radical (unpaired) electrons. The number of alkyl halides is 3. The molecule has 0 heterocycles. The van der Waals surface area contributed by atoms with E-state index in [1.165, 1.54) is 25.3 Å². The number of nitro benzene ring substituents is 1. The molecule has 12 heteroatoms. The van der Waals surface area contributed by atoms with Gasteiger partial charge in [-0.05, 0) is 30.4 Å². The maximum Gasteiger partial charge on any atom is 0.271 e. The van der Waals surface area contributed by atoms with Gasteiger partial charge >= 0.3 is 0 Å². The van der Waals surface area contributed by atoms with Crippen LogP contribution in [0, 0.1) is 10.1 Å². The Labute approximate surface area is 186 Å². The van der Waals surface area contributed by atoms with Crippen molar-refractivity contribution in [1.82, 2.24) is 10.6 Å². The molecule has 8 nitrogen and oxygen atoms in total. The lowest BCUT2D eigenvalue weighted by Crippen LogP contribution is -2.56. The Kier molecular flexibility index (Phi) is 7.86. The third-order valence-corrected chi connectivity index (χ3v) is 4.42. The number of halogens is 3. The largest absolute Gasteiger partial charge is 0.496 e. The first kappa shape index (κ1) is 23.0. The summed E-state index contributed by atoms with van der Waals surface area (Å²) in [4.78, 5) is 22.9. The number of non-ortho nitro benzene ring substituents is 1. The minimum Gasteiger partial charge on any atom is -0.496 e. The van der Waals surface area contributed by atoms with E-state index in [0.29, 0.717) is 11.4 Å². The second-order valence-corrected chi connectivity index (χ2v) is 8.33. The summed E-state index contributed by atoms with van der Waals surface area (Å²) in [5, 5.41) is 18.8. The fraction of sp³-hybridized carbons (Fsp3) is 0.176. The van der Waals surface area contributed by atoms with E-state index < -0.39 is 20.8 Å². The average molecular weight is 478 g/mol. The predicted octanol–water partition coefficient (Wildman–Crippen LogP) is 4.02. The van der Waals surface area contributed by atoms with Crippen LogP contribution in [0.5, 0.6) is 5.75 Å². The van der Waals surface area contributed by atoms with E-state index in [0.717, 1.165) is 0 Å². The molecule has 29 heavy (non-hydrogen) atoms. The maximum absolute atomic E-state index is 12.6. The number of nitrogens with zero attached hydrogens (tertiary/aromatic N) is 1. The van der Waals surface area contributed by atoms with Gasteiger partial charge < -0.3 is 20.7 Å². The van der Waals surface area contributed by atoms with Gasteiger partial charge in [0.15, 0.2) is 5.11 Å². The smallest absolute Gasteiger partial charge is 0.271 e. The number of nitro groups is 1. The maximum atomic E-state index is 12.6. The predicted molar refractivity (Wildman–Crippen MR) is 117 cm³/mol. The molecule has 0 aromatic heterocycles. The van der Waals surface area contributed by atoms with Crippen LogP contribution in [0.1, 0.15) is 10.4 Å². The van der Waals surface area contributed by atoms with Crippen LogP contribution in [0.15, 0.2) is 48.5 Å². The van der Waals surface area contributed by atoms with Crippen molar-refractivity contribution < 1.29 is 14.5 Å². The number of rotatable bonds is 6. The van der Waals surface area contributed by atoms with Crippen molar-refractivity contribution in [3.8, 4) is 5.75 Å². The van der Waals surface area contributed by atoms with Crippen molar-refractivity contribution in [2.45, 2.75) is 9.96 Å². The molecule has 2 aromatic rings. The number of ether oxygens (including phenoxy) is 1. The Morgan fingerprint density at radius 1 is 1.17 bits per heavy atom. The number of para-hydroxylation sites is 1. The molecular weight excluding hydrogens is 463 g/mol. The lowest BCUT2D eigenvalue weighted by molar-refractivity contribution is -0.384. The Morgan fingerprint density at radius 3 is 2.48 bits per heavy atom. The third-order valence-electron chi connectivity index (χ3n) is 3.54. The molecular formula is C17H15Cl3N4O4S. The summed E-state index contributed by atoms with van der Waals surface area (Å²) < 4.78 is 3.18. The summed E-state index contributed by atoms with van der Waals surface area (Å²) in [5.41, 5.74) is 0.449. The van der Waals surface area contributed by atoms with Crippen LogP contribution in [0.25, 0.3) is 0 Å². The molecule has 0 saturated carbocycles. The number of carbonyl (C=O) groups is 1. The molecule has 0 aliphatic rings. The van der Waals surface area contributed by atoms with Gasteiger partial charge in [0.05, 0.1) is 17.6 Å². The molecule has 154 valence electrons. The Balaban J connectivity index is 2.13. The Bertz CT molecular complexity index is 924. The molecule has 3 N–H and O–H groups in total. The van der Waals surface area contributed by atoms with Crippen LogP contribution in [0.4, 0.5) is 11.4 Å². The third kappa shape index (κ3) is 6.60. The molecule has 0 unspecified atom stereocenters. The fourth-order valence-corrected chi connectivity index (χ4v) is 2.80. The van der Waals surface area contributed by atoms with Gasteiger partial charge in [0.2, 0.25) is 3.79 Å². The summed E-state index contributed by atoms with van der Waals surface area (Å²) in [5.74, 6) is -0.227. The van der Waals surface area contributed by atoms with Crippen LogP contribution in [0.2, 0.25) is 0 Å². The van der Waals surface area contributed by atoms with E-state index in [1.807, 2.05) is 0 Å². The van der Waals surface area contributed by atoms with Crippen molar-refractivity contribution in [1.29, 1.82) is 0 Å². The molecule has 0 aliphatic heterocycles. The number of nitrogens with one attached hydrogen (secondary N) is 3. The average Bonchev–Trinajstić information content (AvgIpc) is 2.66. The molecule has 0 saturated heterocycles. The highest BCUT2D eigenvalue weighted by atomic mass is 35.6. The number of benzene rings is 2. The number of methoxy groups -OCH3 is 1. The normalized spacial score (nSPS) is 11.9. The minimum absolute atomic E-state index is 0.0258. The van der Waals surface area contributed by atoms with Crippen LogP contribution in [0.3, 0.4) is 0 Å². The molecule has 0 aliphatic carbocycles. The zero-order valence-corrected chi connectivity index (χ0v) is 17.9. The van der Waals surface area contributed by atoms with Gasteiger partial charge in [0.1, 0.15) is 11.9 Å². The molecule has 1 amide bonds. The zero-order chi connectivity index (χ0) is 21.6. The zero-order valence-electron chi connectivity index (χ0n) is 14.8. The van der Waals surface area contributed by atoms with Gasteiger partial charge in [0.25, 0.3) is 11.6 Å². The first-order valence-corrected chi connectivity index (χ1v) is 9.48. The van der Waals surface area contributed by atoms with E-state index >= 15 is 0 Å². The van der Waals surface area contributed by atoms with Gasteiger partial charge in [-0.1, -0.05) is 53.0 Å². The van der Waals surface area contributed by atoms with Crippen molar-refractivity contribution >= 4 is 69.4 Å². The molecule has 0 fully saturated rings. The van der Waals surface area contributed by atoms with Crippen LogP contribution < -0.4 is 20.7 Å². The monoisotopic (exact) mass is 476 g/mol. The lowest BCUT2D eigenvalue weighted by atomic mass is 10.2. The topological polar surface area (TPSA) is 106 Å². The standard InChI is InChI=1S/C17H15Cl3N4O4S/c1-28-13-8-3-2-7-12(13)14(25)22-15(17(18,19)20)23-16(29)21-10-5-4-6-11(9-10)24(26)27/h2-9,15H,1H3,(H,22,25)(H2,21,23,29)/t15-/m0/s1. The quantitative estimate of drug-likeness (QED) is 0.190. The SMILES string of the molecule is COc1ccccc1C(=O)N[C@@H](NC(=S)Nc1cccc([N+](=O)[O-])c1)C(Cl)(Cl)Cl. The highest BCUT2D eigenvalue weighted by molar-refractivity contribution is 7.80. The highest BCUT2D eigenvalue weighted by Gasteiger charge is 2.35. The number of hydrogen-bond donors (Lipinski definition) is 3. The number of thiocarbonyl (C=S) groups is 1. The fourth-order valence-electron chi connectivity index (χ4n) is 2.24. The van der Waals surface area contributed by atoms with Gasteiger partial charge in [0, 0.05) is 17.8 Å². The highest BCUT2D eigenvalue weighted by Crippen LogP contribution is 2.30. The van der Waals surface area contributed by atoms with E-state index in [-0.39, 0.29) is 16.4 Å². The van der Waals surface area contributed by atoms with Gasteiger partial charge in [-0.15, -0.1) is 0 Å².